The van der Waals surface area contributed by atoms with Gasteiger partial charge in [-0.15, -0.1) is 0 Å². The number of carbonyl (C=O) groups excluding carboxylic acids is 1. The smallest absolute Gasteiger partial charge is 0.226 e. The van der Waals surface area contributed by atoms with Gasteiger partial charge >= 0.3 is 0 Å². The molecule has 3 rings (SSSR count). The summed E-state index contributed by atoms with van der Waals surface area (Å²) in [4.78, 5) is 14.2. The van der Waals surface area contributed by atoms with Crippen molar-refractivity contribution in [3.05, 3.63) is 35.6 Å². The number of amides is 1. The maximum atomic E-state index is 12.4. The molecule has 1 aliphatic carbocycles. The third kappa shape index (κ3) is 3.02. The third-order valence-corrected chi connectivity index (χ3v) is 4.71. The van der Waals surface area contributed by atoms with Crippen LogP contribution in [0.15, 0.2) is 28.9 Å². The molecule has 0 radical (unpaired) electrons. The van der Waals surface area contributed by atoms with Crippen molar-refractivity contribution in [1.82, 2.24) is 4.90 Å². The van der Waals surface area contributed by atoms with Crippen LogP contribution in [-0.4, -0.2) is 35.6 Å². The summed E-state index contributed by atoms with van der Waals surface area (Å²) in [5.74, 6) is 0.292. The van der Waals surface area contributed by atoms with Crippen LogP contribution < -0.4 is 0 Å². The molecule has 4 heteroatoms. The Morgan fingerprint density at radius 2 is 2.23 bits per heavy atom. The van der Waals surface area contributed by atoms with Crippen LogP contribution in [-0.2, 0) is 11.2 Å². The first-order valence-corrected chi connectivity index (χ1v) is 7.93. The molecule has 2 unspecified atom stereocenters. The van der Waals surface area contributed by atoms with Crippen molar-refractivity contribution in [1.29, 1.82) is 0 Å². The lowest BCUT2D eigenvalue weighted by Gasteiger charge is -2.23. The van der Waals surface area contributed by atoms with Gasteiger partial charge in [-0.3, -0.25) is 4.79 Å². The molecule has 1 heterocycles. The molecule has 22 heavy (non-hydrogen) atoms. The molecule has 0 aliphatic heterocycles. The summed E-state index contributed by atoms with van der Waals surface area (Å²) >= 11 is 0. The van der Waals surface area contributed by atoms with Crippen molar-refractivity contribution in [3.8, 4) is 0 Å². The summed E-state index contributed by atoms with van der Waals surface area (Å²) in [5, 5.41) is 10.9. The summed E-state index contributed by atoms with van der Waals surface area (Å²) in [6, 6.07) is 6.03. The van der Waals surface area contributed by atoms with E-state index in [1.165, 1.54) is 0 Å². The number of rotatable bonds is 4. The number of furan rings is 1. The number of hydrogen-bond acceptors (Lipinski definition) is 3. The molecule has 1 amide bonds. The Bertz CT molecular complexity index is 676. The maximum Gasteiger partial charge on any atom is 0.226 e. The van der Waals surface area contributed by atoms with Gasteiger partial charge in [0.2, 0.25) is 5.91 Å². The molecule has 2 aromatic rings. The largest absolute Gasteiger partial charge is 0.464 e. The molecule has 4 nitrogen and oxygen atoms in total. The fourth-order valence-corrected chi connectivity index (χ4v) is 3.31. The lowest BCUT2D eigenvalue weighted by Crippen LogP contribution is -2.35. The van der Waals surface area contributed by atoms with Gasteiger partial charge in [-0.2, -0.15) is 0 Å². The number of hydrogen-bond donors (Lipinski definition) is 1. The van der Waals surface area contributed by atoms with Crippen molar-refractivity contribution in [2.75, 3.05) is 13.6 Å². The van der Waals surface area contributed by atoms with Crippen LogP contribution in [0.2, 0.25) is 0 Å². The van der Waals surface area contributed by atoms with Crippen LogP contribution in [0.25, 0.3) is 11.0 Å². The lowest BCUT2D eigenvalue weighted by molar-refractivity contribution is -0.130. The second kappa shape index (κ2) is 6.13. The highest BCUT2D eigenvalue weighted by Gasteiger charge is 2.27. The first-order chi connectivity index (χ1) is 10.5. The monoisotopic (exact) mass is 301 g/mol. The van der Waals surface area contributed by atoms with E-state index in [0.29, 0.717) is 13.0 Å². The van der Waals surface area contributed by atoms with Gasteiger partial charge in [-0.25, -0.2) is 0 Å². The Kier molecular flexibility index (Phi) is 4.21. The van der Waals surface area contributed by atoms with Gasteiger partial charge in [0.05, 0.1) is 18.8 Å². The molecule has 1 aromatic heterocycles. The Labute approximate surface area is 130 Å². The summed E-state index contributed by atoms with van der Waals surface area (Å²) in [6.45, 7) is 2.66. The van der Waals surface area contributed by atoms with Crippen molar-refractivity contribution in [2.24, 2.45) is 5.92 Å². The number of carbonyl (C=O) groups is 1. The average Bonchev–Trinajstić information content (AvgIpc) is 3.06. The first kappa shape index (κ1) is 15.1. The fourth-order valence-electron chi connectivity index (χ4n) is 3.31. The molecule has 1 aliphatic rings. The molecular formula is C18H23NO3. The lowest BCUT2D eigenvalue weighted by atomic mass is 10.0. The van der Waals surface area contributed by atoms with Crippen LogP contribution in [0.5, 0.6) is 0 Å². The quantitative estimate of drug-likeness (QED) is 0.944. The molecule has 1 N–H and O–H groups in total. The van der Waals surface area contributed by atoms with Crippen molar-refractivity contribution < 1.29 is 14.3 Å². The Balaban J connectivity index is 1.67. The number of likely N-dealkylation sites (N-methyl/N-ethyl adjacent to an activating group) is 1. The van der Waals surface area contributed by atoms with Crippen LogP contribution in [0.3, 0.4) is 0 Å². The van der Waals surface area contributed by atoms with E-state index in [9.17, 15) is 9.90 Å². The van der Waals surface area contributed by atoms with Gasteiger partial charge in [0, 0.05) is 30.5 Å². The molecule has 0 bridgehead atoms. The summed E-state index contributed by atoms with van der Waals surface area (Å²) in [6.07, 6.45) is 4.69. The van der Waals surface area contributed by atoms with Gasteiger partial charge < -0.3 is 14.4 Å². The summed E-state index contributed by atoms with van der Waals surface area (Å²) in [5.41, 5.74) is 2.91. The minimum atomic E-state index is -0.256. The minimum absolute atomic E-state index is 0.0716. The Hall–Kier alpha value is -1.81. The normalized spacial score (nSPS) is 21.4. The minimum Gasteiger partial charge on any atom is -0.464 e. The zero-order valence-corrected chi connectivity index (χ0v) is 13.2. The number of benzene rings is 1. The van der Waals surface area contributed by atoms with Crippen molar-refractivity contribution in [3.63, 3.8) is 0 Å². The zero-order valence-electron chi connectivity index (χ0n) is 13.2. The van der Waals surface area contributed by atoms with E-state index < -0.39 is 0 Å². The second-order valence-corrected chi connectivity index (χ2v) is 6.47. The Morgan fingerprint density at radius 1 is 1.41 bits per heavy atom. The maximum absolute atomic E-state index is 12.4. The van der Waals surface area contributed by atoms with Gasteiger partial charge in [0.1, 0.15) is 5.58 Å². The number of aliphatic hydroxyl groups is 1. The summed E-state index contributed by atoms with van der Waals surface area (Å²) < 4.78 is 5.55. The molecule has 0 saturated heterocycles. The number of aryl methyl sites for hydroxylation is 1. The molecule has 1 aromatic carbocycles. The highest BCUT2D eigenvalue weighted by atomic mass is 16.3. The van der Waals surface area contributed by atoms with Gasteiger partial charge in [0.25, 0.3) is 0 Å². The van der Waals surface area contributed by atoms with E-state index in [1.54, 1.807) is 11.2 Å². The van der Waals surface area contributed by atoms with Crippen LogP contribution in [0.4, 0.5) is 0 Å². The van der Waals surface area contributed by atoms with E-state index in [2.05, 4.69) is 0 Å². The highest BCUT2D eigenvalue weighted by Crippen LogP contribution is 2.27. The SMILES string of the molecule is Cc1ccc2c(CC(=O)N(C)CC3CCCC3O)coc2c1. The first-order valence-electron chi connectivity index (χ1n) is 7.93. The highest BCUT2D eigenvalue weighted by molar-refractivity contribution is 5.87. The molecule has 0 spiro atoms. The van der Waals surface area contributed by atoms with Gasteiger partial charge in [-0.05, 0) is 31.4 Å². The van der Waals surface area contributed by atoms with Crippen LogP contribution in [0.1, 0.15) is 30.4 Å². The van der Waals surface area contributed by atoms with E-state index in [0.717, 1.165) is 41.4 Å². The molecule has 1 saturated carbocycles. The predicted octanol–water partition coefficient (Wildman–Crippen LogP) is 2.90. The Morgan fingerprint density at radius 3 is 2.95 bits per heavy atom. The zero-order chi connectivity index (χ0) is 15.7. The molecule has 1 fully saturated rings. The van der Waals surface area contributed by atoms with E-state index >= 15 is 0 Å². The van der Waals surface area contributed by atoms with Gasteiger partial charge in [0.15, 0.2) is 0 Å². The summed E-state index contributed by atoms with van der Waals surface area (Å²) in [7, 11) is 1.82. The third-order valence-electron chi connectivity index (χ3n) is 4.71. The van der Waals surface area contributed by atoms with E-state index in [4.69, 9.17) is 4.42 Å². The fraction of sp³-hybridized carbons (Fsp3) is 0.500. The number of aliphatic hydroxyl groups excluding tert-OH is 1. The average molecular weight is 301 g/mol. The molecular weight excluding hydrogens is 278 g/mol. The van der Waals surface area contributed by atoms with Crippen LogP contribution >= 0.6 is 0 Å². The molecule has 118 valence electrons. The number of nitrogens with zero attached hydrogens (tertiary/aromatic N) is 1. The van der Waals surface area contributed by atoms with Gasteiger partial charge in [-0.1, -0.05) is 18.6 Å². The van der Waals surface area contributed by atoms with Crippen molar-refractivity contribution in [2.45, 2.75) is 38.7 Å². The van der Waals surface area contributed by atoms with Crippen LogP contribution in [0, 0.1) is 12.8 Å². The topological polar surface area (TPSA) is 53.7 Å². The van der Waals surface area contributed by atoms with E-state index in [-0.39, 0.29) is 17.9 Å². The van der Waals surface area contributed by atoms with E-state index in [1.807, 2.05) is 32.2 Å². The standard InChI is InChI=1S/C18H23NO3/c1-12-6-7-15-14(11-22-17(15)8-12)9-18(21)19(2)10-13-4-3-5-16(13)20/h6-8,11,13,16,20H,3-5,9-10H2,1-2H3. The predicted molar refractivity (Wildman–Crippen MR) is 85.6 cm³/mol. The van der Waals surface area contributed by atoms with Crippen molar-refractivity contribution >= 4 is 16.9 Å². The molecule has 2 atom stereocenters. The second-order valence-electron chi connectivity index (χ2n) is 6.47. The number of fused-ring (bicyclic) bond motifs is 1.